The van der Waals surface area contributed by atoms with E-state index in [-0.39, 0.29) is 11.8 Å². The summed E-state index contributed by atoms with van der Waals surface area (Å²) in [4.78, 5) is 26.9. The zero-order valence-electron chi connectivity index (χ0n) is 16.2. The fourth-order valence-corrected chi connectivity index (χ4v) is 3.34. The summed E-state index contributed by atoms with van der Waals surface area (Å²) in [6.45, 7) is 5.97. The minimum absolute atomic E-state index is 0.0908. The van der Waals surface area contributed by atoms with Crippen molar-refractivity contribution in [3.8, 4) is 0 Å². The molecule has 0 radical (unpaired) electrons. The van der Waals surface area contributed by atoms with E-state index >= 15 is 0 Å². The van der Waals surface area contributed by atoms with Gasteiger partial charge in [-0.05, 0) is 56.2 Å². The summed E-state index contributed by atoms with van der Waals surface area (Å²) in [6, 6.07) is 7.79. The molecule has 148 valence electrons. The molecule has 1 N–H and O–H groups in total. The molecule has 27 heavy (non-hydrogen) atoms. The Bertz CT molecular complexity index is 640. The number of benzene rings is 1. The van der Waals surface area contributed by atoms with Gasteiger partial charge in [0.05, 0.1) is 7.11 Å². The predicted molar refractivity (Wildman–Crippen MR) is 111 cm³/mol. The lowest BCUT2D eigenvalue weighted by Crippen LogP contribution is -2.51. The highest BCUT2D eigenvalue weighted by atomic mass is 32.1. The average molecular weight is 392 g/mol. The Kier molecular flexibility index (Phi) is 8.51. The third-order valence-corrected chi connectivity index (χ3v) is 5.17. The molecule has 0 aromatic heterocycles. The molecule has 0 unspecified atom stereocenters. The second kappa shape index (κ2) is 10.9. The van der Waals surface area contributed by atoms with Crippen LogP contribution in [0, 0.1) is 0 Å². The van der Waals surface area contributed by atoms with Gasteiger partial charge in [0.2, 0.25) is 0 Å². The summed E-state index contributed by atoms with van der Waals surface area (Å²) in [5, 5.41) is 4.11. The van der Waals surface area contributed by atoms with Crippen molar-refractivity contribution in [1.29, 1.82) is 0 Å². The highest BCUT2D eigenvalue weighted by molar-refractivity contribution is 7.80. The number of ether oxygens (including phenoxy) is 1. The van der Waals surface area contributed by atoms with E-state index in [2.05, 4.69) is 19.9 Å². The van der Waals surface area contributed by atoms with Gasteiger partial charge in [0.25, 0.3) is 0 Å². The standard InChI is InChI=1S/C20H29N3O3S/c1-16(24)17-7-9-18(10-8-17)22-12-14-23(15-13-22)20(27)21-11-5-3-4-6-19(25)26-2/h7-10H,3-6,11-15H2,1-2H3,(H,21,27). The van der Waals surface area contributed by atoms with Crippen molar-refractivity contribution < 1.29 is 14.3 Å². The molecule has 0 atom stereocenters. The van der Waals surface area contributed by atoms with E-state index in [1.165, 1.54) is 7.11 Å². The first-order chi connectivity index (χ1) is 13.0. The molecule has 1 aliphatic rings. The van der Waals surface area contributed by atoms with Crippen LogP contribution < -0.4 is 10.2 Å². The number of Topliss-reactive ketones (excluding diaryl/α,β-unsaturated/α-hetero) is 1. The molecule has 1 saturated heterocycles. The lowest BCUT2D eigenvalue weighted by molar-refractivity contribution is -0.140. The van der Waals surface area contributed by atoms with Gasteiger partial charge < -0.3 is 19.9 Å². The second-order valence-corrected chi connectivity index (χ2v) is 7.08. The molecule has 1 aromatic carbocycles. The van der Waals surface area contributed by atoms with Crippen LogP contribution in [0.25, 0.3) is 0 Å². The number of nitrogens with zero attached hydrogens (tertiary/aromatic N) is 2. The lowest BCUT2D eigenvalue weighted by atomic mass is 10.1. The SMILES string of the molecule is COC(=O)CCCCCNC(=S)N1CCN(c2ccc(C(C)=O)cc2)CC1. The van der Waals surface area contributed by atoms with E-state index < -0.39 is 0 Å². The number of esters is 1. The van der Waals surface area contributed by atoms with Crippen molar-refractivity contribution in [2.75, 3.05) is 44.7 Å². The van der Waals surface area contributed by atoms with Crippen LogP contribution in [0.15, 0.2) is 24.3 Å². The van der Waals surface area contributed by atoms with Gasteiger partial charge in [0.1, 0.15) is 0 Å². The van der Waals surface area contributed by atoms with Gasteiger partial charge in [0, 0.05) is 50.4 Å². The minimum Gasteiger partial charge on any atom is -0.469 e. The van der Waals surface area contributed by atoms with E-state index in [1.807, 2.05) is 24.3 Å². The molecule has 1 aromatic rings. The summed E-state index contributed by atoms with van der Waals surface area (Å²) in [7, 11) is 1.42. The molecule has 7 heteroatoms. The second-order valence-electron chi connectivity index (χ2n) is 6.70. The maximum absolute atomic E-state index is 11.4. The molecule has 0 aliphatic carbocycles. The number of unbranched alkanes of at least 4 members (excludes halogenated alkanes) is 2. The summed E-state index contributed by atoms with van der Waals surface area (Å²) in [6.07, 6.45) is 3.30. The van der Waals surface area contributed by atoms with Crippen LogP contribution in [0.3, 0.4) is 0 Å². The third kappa shape index (κ3) is 6.82. The van der Waals surface area contributed by atoms with Crippen molar-refractivity contribution in [2.45, 2.75) is 32.6 Å². The number of thiocarbonyl (C=S) groups is 1. The van der Waals surface area contributed by atoms with Gasteiger partial charge >= 0.3 is 5.97 Å². The Morgan fingerprint density at radius 3 is 2.33 bits per heavy atom. The summed E-state index contributed by atoms with van der Waals surface area (Å²) >= 11 is 5.50. The van der Waals surface area contributed by atoms with Crippen molar-refractivity contribution in [1.82, 2.24) is 10.2 Å². The molecule has 6 nitrogen and oxygen atoms in total. The lowest BCUT2D eigenvalue weighted by Gasteiger charge is -2.37. The van der Waals surface area contributed by atoms with Gasteiger partial charge in [0.15, 0.2) is 10.9 Å². The number of hydrogen-bond acceptors (Lipinski definition) is 5. The molecule has 0 bridgehead atoms. The molecule has 2 rings (SSSR count). The largest absolute Gasteiger partial charge is 0.469 e. The van der Waals surface area contributed by atoms with Crippen LogP contribution in [-0.2, 0) is 9.53 Å². The Morgan fingerprint density at radius 1 is 1.07 bits per heavy atom. The number of carbonyl (C=O) groups is 2. The van der Waals surface area contributed by atoms with Crippen LogP contribution in [0.5, 0.6) is 0 Å². The van der Waals surface area contributed by atoms with Gasteiger partial charge in [-0.15, -0.1) is 0 Å². The summed E-state index contributed by atoms with van der Waals surface area (Å²) in [5.74, 6) is -0.0552. The predicted octanol–water partition coefficient (Wildman–Crippen LogP) is 2.62. The van der Waals surface area contributed by atoms with Gasteiger partial charge in [-0.1, -0.05) is 6.42 Å². The third-order valence-electron chi connectivity index (χ3n) is 4.77. The van der Waals surface area contributed by atoms with Crippen molar-refractivity contribution >= 4 is 34.8 Å². The van der Waals surface area contributed by atoms with Gasteiger partial charge in [-0.25, -0.2) is 0 Å². The van der Waals surface area contributed by atoms with E-state index in [0.717, 1.165) is 68.3 Å². The molecule has 1 fully saturated rings. The summed E-state index contributed by atoms with van der Waals surface area (Å²) < 4.78 is 4.63. The zero-order chi connectivity index (χ0) is 19.6. The number of rotatable bonds is 8. The highest BCUT2D eigenvalue weighted by Gasteiger charge is 2.19. The fraction of sp³-hybridized carbons (Fsp3) is 0.550. The molecule has 1 heterocycles. The van der Waals surface area contributed by atoms with Crippen molar-refractivity contribution in [2.24, 2.45) is 0 Å². The number of carbonyl (C=O) groups excluding carboxylic acids is 2. The molecular weight excluding hydrogens is 362 g/mol. The number of methoxy groups -OCH3 is 1. The van der Waals surface area contributed by atoms with Crippen LogP contribution in [0.2, 0.25) is 0 Å². The molecule has 0 amide bonds. The normalized spacial score (nSPS) is 14.0. The first-order valence-electron chi connectivity index (χ1n) is 9.47. The van der Waals surface area contributed by atoms with Crippen LogP contribution in [0.1, 0.15) is 43.0 Å². The van der Waals surface area contributed by atoms with E-state index in [0.29, 0.717) is 6.42 Å². The average Bonchev–Trinajstić information content (AvgIpc) is 2.70. The van der Waals surface area contributed by atoms with Crippen molar-refractivity contribution in [3.05, 3.63) is 29.8 Å². The number of piperazine rings is 1. The maximum Gasteiger partial charge on any atom is 0.305 e. The van der Waals surface area contributed by atoms with E-state index in [4.69, 9.17) is 12.2 Å². The van der Waals surface area contributed by atoms with E-state index in [9.17, 15) is 9.59 Å². The van der Waals surface area contributed by atoms with Gasteiger partial charge in [-0.3, -0.25) is 9.59 Å². The molecule has 1 aliphatic heterocycles. The first kappa shape index (κ1) is 21.2. The maximum atomic E-state index is 11.4. The number of ketones is 1. The number of anilines is 1. The first-order valence-corrected chi connectivity index (χ1v) is 9.87. The molecular formula is C20H29N3O3S. The minimum atomic E-state index is -0.146. The summed E-state index contributed by atoms with van der Waals surface area (Å²) in [5.41, 5.74) is 1.89. The Balaban J connectivity index is 1.65. The Hall–Kier alpha value is -2.15. The number of nitrogens with one attached hydrogen (secondary N) is 1. The number of hydrogen-bond donors (Lipinski definition) is 1. The highest BCUT2D eigenvalue weighted by Crippen LogP contribution is 2.17. The zero-order valence-corrected chi connectivity index (χ0v) is 17.0. The molecule has 0 spiro atoms. The Labute approximate surface area is 166 Å². The quantitative estimate of drug-likeness (QED) is 0.316. The van der Waals surface area contributed by atoms with Crippen LogP contribution in [-0.4, -0.2) is 61.6 Å². The van der Waals surface area contributed by atoms with Crippen molar-refractivity contribution in [3.63, 3.8) is 0 Å². The smallest absolute Gasteiger partial charge is 0.305 e. The topological polar surface area (TPSA) is 61.9 Å². The van der Waals surface area contributed by atoms with E-state index in [1.54, 1.807) is 6.92 Å². The molecule has 0 saturated carbocycles. The van der Waals surface area contributed by atoms with Crippen LogP contribution >= 0.6 is 12.2 Å². The van der Waals surface area contributed by atoms with Gasteiger partial charge in [-0.2, -0.15) is 0 Å². The Morgan fingerprint density at radius 2 is 1.74 bits per heavy atom. The fourth-order valence-electron chi connectivity index (χ4n) is 3.05. The van der Waals surface area contributed by atoms with Crippen LogP contribution in [0.4, 0.5) is 5.69 Å². The monoisotopic (exact) mass is 391 g/mol.